The third kappa shape index (κ3) is 7.04. The van der Waals surface area contributed by atoms with Gasteiger partial charge in [0.1, 0.15) is 11.6 Å². The third-order valence-electron chi connectivity index (χ3n) is 7.13. The van der Waals surface area contributed by atoms with E-state index in [-0.39, 0.29) is 31.3 Å². The monoisotopic (exact) mass is 594 g/mol. The van der Waals surface area contributed by atoms with Gasteiger partial charge >= 0.3 is 0 Å². The van der Waals surface area contributed by atoms with Crippen molar-refractivity contribution in [3.05, 3.63) is 142 Å². The number of benzene rings is 4. The van der Waals surface area contributed by atoms with Crippen LogP contribution in [-0.2, 0) is 22.5 Å². The van der Waals surface area contributed by atoms with Gasteiger partial charge in [-0.05, 0) is 53.1 Å². The first-order valence-electron chi connectivity index (χ1n) is 14.1. The van der Waals surface area contributed by atoms with Crippen LogP contribution in [0.3, 0.4) is 0 Å². The smallest absolute Gasteiger partial charge is 0.266 e. The maximum Gasteiger partial charge on any atom is 0.266 e. The lowest BCUT2D eigenvalue weighted by molar-refractivity contribution is -0.130. The van der Waals surface area contributed by atoms with E-state index in [4.69, 9.17) is 19.6 Å². The van der Waals surface area contributed by atoms with Crippen molar-refractivity contribution in [3.8, 4) is 5.75 Å². The van der Waals surface area contributed by atoms with Gasteiger partial charge in [-0.1, -0.05) is 71.8 Å². The van der Waals surface area contributed by atoms with Gasteiger partial charge in [0.25, 0.3) is 5.91 Å². The average Bonchev–Trinajstić information content (AvgIpc) is 3.43. The molecule has 1 aliphatic rings. The first kappa shape index (κ1) is 30.2. The van der Waals surface area contributed by atoms with E-state index in [2.05, 4.69) is 20.9 Å². The Morgan fingerprint density at radius 1 is 1.00 bits per heavy atom. The molecule has 1 heterocycles. The molecule has 4 aromatic carbocycles. The number of aliphatic hydroxyl groups excluding tert-OH is 1. The van der Waals surface area contributed by atoms with Crippen LogP contribution in [0.2, 0.25) is 0 Å². The highest BCUT2D eigenvalue weighted by atomic mass is 19.1. The van der Waals surface area contributed by atoms with E-state index < -0.39 is 17.6 Å². The SMILES string of the molecule is [N-]=[N+]=Nc1ccccc1[C@@H]1OC(c2ccc(OCCCO)cc2)=N[C@]1(Cc1ccccc1)C(=O)NNCc1ccc(F)cc1. The van der Waals surface area contributed by atoms with Crippen LogP contribution in [0.15, 0.2) is 113 Å². The van der Waals surface area contributed by atoms with Gasteiger partial charge in [-0.2, -0.15) is 0 Å². The van der Waals surface area contributed by atoms with Gasteiger partial charge in [-0.25, -0.2) is 14.8 Å². The summed E-state index contributed by atoms with van der Waals surface area (Å²) in [5, 5.41) is 12.9. The Labute approximate surface area is 253 Å². The predicted octanol–water partition coefficient (Wildman–Crippen LogP) is 5.85. The standard InChI is InChI=1S/C33H31FN6O4/c34-26-15-11-24(12-16-26)22-36-39-32(42)33(21-23-7-2-1-3-8-23)30(28-9-4-5-10-29(28)38-40-35)44-31(37-33)25-13-17-27(18-14-25)43-20-6-19-41/h1-5,7-18,30,36,41H,6,19-22H2,(H,39,42)/t30-,33-/m0/s1. The number of azide groups is 1. The number of aliphatic hydroxyl groups is 1. The summed E-state index contributed by atoms with van der Waals surface area (Å²) in [5.41, 5.74) is 16.5. The third-order valence-corrected chi connectivity index (χ3v) is 7.13. The van der Waals surface area contributed by atoms with Gasteiger partial charge in [0.15, 0.2) is 11.6 Å². The molecule has 0 aliphatic carbocycles. The summed E-state index contributed by atoms with van der Waals surface area (Å²) in [5.74, 6) is 0.0284. The number of nitrogens with zero attached hydrogens (tertiary/aromatic N) is 4. The van der Waals surface area contributed by atoms with Crippen molar-refractivity contribution in [1.29, 1.82) is 0 Å². The second-order valence-electron chi connectivity index (χ2n) is 10.1. The van der Waals surface area contributed by atoms with Gasteiger partial charge in [0.05, 0.1) is 6.61 Å². The largest absolute Gasteiger partial charge is 0.494 e. The van der Waals surface area contributed by atoms with Crippen molar-refractivity contribution in [1.82, 2.24) is 10.9 Å². The highest BCUT2D eigenvalue weighted by Crippen LogP contribution is 2.45. The number of hydrogen-bond acceptors (Lipinski definition) is 7. The molecular formula is C33H31FN6O4. The summed E-state index contributed by atoms with van der Waals surface area (Å²) in [6.45, 7) is 0.644. The van der Waals surface area contributed by atoms with Crippen LogP contribution < -0.4 is 15.6 Å². The first-order chi connectivity index (χ1) is 21.5. The Kier molecular flexibility index (Phi) is 9.83. The van der Waals surface area contributed by atoms with Gasteiger partial charge in [0.2, 0.25) is 5.90 Å². The van der Waals surface area contributed by atoms with Gasteiger partial charge in [-0.15, -0.1) is 0 Å². The zero-order valence-corrected chi connectivity index (χ0v) is 23.8. The molecule has 1 aliphatic heterocycles. The summed E-state index contributed by atoms with van der Waals surface area (Å²) >= 11 is 0. The van der Waals surface area contributed by atoms with E-state index in [0.29, 0.717) is 35.6 Å². The highest BCUT2D eigenvalue weighted by Gasteiger charge is 2.54. The van der Waals surface area contributed by atoms with Gasteiger partial charge in [0, 0.05) is 47.7 Å². The van der Waals surface area contributed by atoms with E-state index >= 15 is 0 Å². The molecule has 0 fully saturated rings. The number of aliphatic imine (C=N–C) groups is 1. The molecule has 11 heteroatoms. The minimum absolute atomic E-state index is 0.0335. The number of carbonyl (C=O) groups is 1. The number of halogens is 1. The zero-order chi connectivity index (χ0) is 30.8. The highest BCUT2D eigenvalue weighted by molar-refractivity contribution is 6.01. The Morgan fingerprint density at radius 3 is 2.45 bits per heavy atom. The van der Waals surface area contributed by atoms with E-state index in [1.54, 1.807) is 60.7 Å². The minimum atomic E-state index is -1.52. The molecule has 3 N–H and O–H groups in total. The Morgan fingerprint density at radius 2 is 1.73 bits per heavy atom. The summed E-state index contributed by atoms with van der Waals surface area (Å²) in [4.78, 5) is 22.2. The molecule has 10 nitrogen and oxygen atoms in total. The van der Waals surface area contributed by atoms with Crippen LogP contribution in [0.25, 0.3) is 10.4 Å². The minimum Gasteiger partial charge on any atom is -0.494 e. The summed E-state index contributed by atoms with van der Waals surface area (Å²) in [6.07, 6.45) is -0.289. The molecule has 2 atom stereocenters. The van der Waals surface area contributed by atoms with Crippen LogP contribution >= 0.6 is 0 Å². The lowest BCUT2D eigenvalue weighted by Crippen LogP contribution is -2.53. The lowest BCUT2D eigenvalue weighted by atomic mass is 9.81. The van der Waals surface area contributed by atoms with Crippen molar-refractivity contribution in [2.45, 2.75) is 31.0 Å². The summed E-state index contributed by atoms with van der Waals surface area (Å²) in [7, 11) is 0. The van der Waals surface area contributed by atoms with E-state index in [0.717, 1.165) is 11.1 Å². The van der Waals surface area contributed by atoms with Crippen LogP contribution in [-0.4, -0.2) is 35.7 Å². The Balaban J connectivity index is 1.54. The van der Waals surface area contributed by atoms with E-state index in [1.807, 2.05) is 30.3 Å². The van der Waals surface area contributed by atoms with E-state index in [1.165, 1.54) is 12.1 Å². The molecule has 44 heavy (non-hydrogen) atoms. The van der Waals surface area contributed by atoms with Crippen molar-refractivity contribution < 1.29 is 23.8 Å². The van der Waals surface area contributed by atoms with Gasteiger partial charge in [-0.3, -0.25) is 10.2 Å². The van der Waals surface area contributed by atoms with Crippen LogP contribution in [0.1, 0.15) is 34.8 Å². The second kappa shape index (κ2) is 14.3. The molecule has 5 rings (SSSR count). The molecule has 0 bridgehead atoms. The van der Waals surface area contributed by atoms with Crippen LogP contribution in [0.5, 0.6) is 5.75 Å². The fraction of sp³-hybridized carbons (Fsp3) is 0.212. The molecule has 0 saturated heterocycles. The predicted molar refractivity (Wildman–Crippen MR) is 164 cm³/mol. The van der Waals surface area contributed by atoms with Crippen molar-refractivity contribution in [2.24, 2.45) is 10.1 Å². The topological polar surface area (TPSA) is 141 Å². The maximum atomic E-state index is 14.3. The quantitative estimate of drug-likeness (QED) is 0.0586. The molecule has 0 radical (unpaired) electrons. The Hall–Kier alpha value is -5.22. The number of carbonyl (C=O) groups excluding carboxylic acids is 1. The molecule has 0 saturated carbocycles. The summed E-state index contributed by atoms with van der Waals surface area (Å²) in [6, 6.07) is 29.4. The number of rotatable bonds is 13. The number of hydrazine groups is 1. The zero-order valence-electron chi connectivity index (χ0n) is 23.8. The van der Waals surface area contributed by atoms with Crippen molar-refractivity contribution >= 4 is 17.5 Å². The fourth-order valence-electron chi connectivity index (χ4n) is 4.95. The molecule has 0 spiro atoms. The second-order valence-corrected chi connectivity index (χ2v) is 10.1. The number of ether oxygens (including phenoxy) is 2. The van der Waals surface area contributed by atoms with Crippen molar-refractivity contribution in [3.63, 3.8) is 0 Å². The molecule has 4 aromatic rings. The average molecular weight is 595 g/mol. The maximum absolute atomic E-state index is 14.3. The van der Waals surface area contributed by atoms with Gasteiger partial charge < -0.3 is 14.6 Å². The first-order valence-corrected chi connectivity index (χ1v) is 14.1. The number of nitrogens with one attached hydrogen (secondary N) is 2. The number of hydrogen-bond donors (Lipinski definition) is 3. The van der Waals surface area contributed by atoms with Crippen LogP contribution in [0, 0.1) is 5.82 Å². The van der Waals surface area contributed by atoms with Crippen molar-refractivity contribution in [2.75, 3.05) is 13.2 Å². The van der Waals surface area contributed by atoms with E-state index in [9.17, 15) is 14.7 Å². The Bertz CT molecular complexity index is 1640. The van der Waals surface area contributed by atoms with Crippen LogP contribution in [0.4, 0.5) is 10.1 Å². The lowest BCUT2D eigenvalue weighted by Gasteiger charge is -2.31. The fourth-order valence-corrected chi connectivity index (χ4v) is 4.95. The molecule has 0 unspecified atom stereocenters. The normalized spacial score (nSPS) is 17.2. The molecule has 0 aromatic heterocycles. The summed E-state index contributed by atoms with van der Waals surface area (Å²) < 4.78 is 25.6. The molecular weight excluding hydrogens is 563 g/mol. The number of amides is 1. The molecule has 224 valence electrons. The molecule has 1 amide bonds.